The summed E-state index contributed by atoms with van der Waals surface area (Å²) in [4.78, 5) is 1.11. The molecule has 2 nitrogen and oxygen atoms in total. The van der Waals surface area contributed by atoms with Crippen molar-refractivity contribution in [1.29, 1.82) is 0 Å². The second-order valence-electron chi connectivity index (χ2n) is 3.70. The first kappa shape index (κ1) is 12.0. The first-order chi connectivity index (χ1) is 8.27. The zero-order valence-corrected chi connectivity index (χ0v) is 10.1. The van der Waals surface area contributed by atoms with Crippen LogP contribution in [0, 0.1) is 0 Å². The molecule has 0 radical (unpaired) electrons. The fraction of sp³-hybridized carbons (Fsp3) is 0.143. The van der Waals surface area contributed by atoms with Crippen LogP contribution < -0.4 is 0 Å². The van der Waals surface area contributed by atoms with E-state index in [4.69, 9.17) is 0 Å². The van der Waals surface area contributed by atoms with Gasteiger partial charge in [-0.15, -0.1) is 11.8 Å². The molecule has 0 amide bonds. The molecule has 2 aromatic carbocycles. The summed E-state index contributed by atoms with van der Waals surface area (Å²) < 4.78 is 0. The number of thioether (sulfide) groups is 1. The van der Waals surface area contributed by atoms with Gasteiger partial charge in [0.05, 0.1) is 6.10 Å². The monoisotopic (exact) mass is 246 g/mol. The van der Waals surface area contributed by atoms with E-state index in [-0.39, 0.29) is 5.75 Å². The van der Waals surface area contributed by atoms with Gasteiger partial charge in [0.25, 0.3) is 0 Å². The number of phenols is 1. The van der Waals surface area contributed by atoms with Gasteiger partial charge >= 0.3 is 0 Å². The highest BCUT2D eigenvalue weighted by atomic mass is 32.2. The number of hydrogen-bond donors (Lipinski definition) is 2. The predicted octanol–water partition coefficient (Wildman–Crippen LogP) is 3.22. The molecule has 0 bridgehead atoms. The van der Waals surface area contributed by atoms with Crippen molar-refractivity contribution in [3.63, 3.8) is 0 Å². The molecule has 0 fully saturated rings. The fourth-order valence-corrected chi connectivity index (χ4v) is 2.43. The number of aromatic hydroxyl groups is 1. The number of rotatable bonds is 4. The Morgan fingerprint density at radius 2 is 1.59 bits per heavy atom. The lowest BCUT2D eigenvalue weighted by molar-refractivity contribution is 0.199. The van der Waals surface area contributed by atoms with Crippen molar-refractivity contribution in [2.24, 2.45) is 0 Å². The van der Waals surface area contributed by atoms with Crippen molar-refractivity contribution >= 4 is 11.8 Å². The van der Waals surface area contributed by atoms with Gasteiger partial charge in [-0.25, -0.2) is 0 Å². The van der Waals surface area contributed by atoms with Crippen LogP contribution in [0.3, 0.4) is 0 Å². The van der Waals surface area contributed by atoms with E-state index in [0.29, 0.717) is 11.3 Å². The van der Waals surface area contributed by atoms with Crippen LogP contribution in [-0.2, 0) is 0 Å². The Labute approximate surface area is 105 Å². The first-order valence-electron chi connectivity index (χ1n) is 5.41. The molecule has 0 aliphatic carbocycles. The van der Waals surface area contributed by atoms with Gasteiger partial charge in [0.2, 0.25) is 0 Å². The molecule has 0 saturated carbocycles. The van der Waals surface area contributed by atoms with E-state index in [1.807, 2.05) is 36.4 Å². The molecule has 2 N–H and O–H groups in total. The van der Waals surface area contributed by atoms with Crippen LogP contribution in [-0.4, -0.2) is 16.0 Å². The Kier molecular flexibility index (Phi) is 4.07. The van der Waals surface area contributed by atoms with Crippen LogP contribution in [0.4, 0.5) is 0 Å². The molecular weight excluding hydrogens is 232 g/mol. The quantitative estimate of drug-likeness (QED) is 0.814. The lowest BCUT2D eigenvalue weighted by atomic mass is 10.1. The fourth-order valence-electron chi connectivity index (χ4n) is 1.55. The molecule has 0 aliphatic heterocycles. The number of hydrogen-bond acceptors (Lipinski definition) is 3. The predicted molar refractivity (Wildman–Crippen MR) is 70.2 cm³/mol. The number of aliphatic hydroxyl groups excluding tert-OH is 1. The maximum atomic E-state index is 9.98. The van der Waals surface area contributed by atoms with Gasteiger partial charge in [0.15, 0.2) is 0 Å². The molecule has 2 aromatic rings. The van der Waals surface area contributed by atoms with Gasteiger partial charge < -0.3 is 10.2 Å². The van der Waals surface area contributed by atoms with E-state index in [1.54, 1.807) is 30.0 Å². The summed E-state index contributed by atoms with van der Waals surface area (Å²) in [6.45, 7) is 0. The minimum atomic E-state index is -0.651. The van der Waals surface area contributed by atoms with Crippen molar-refractivity contribution in [1.82, 2.24) is 0 Å². The Bertz CT molecular complexity index is 471. The lowest BCUT2D eigenvalue weighted by Gasteiger charge is -2.11. The Morgan fingerprint density at radius 1 is 0.941 bits per heavy atom. The summed E-state index contributed by atoms with van der Waals surface area (Å²) in [5.41, 5.74) is 0.580. The van der Waals surface area contributed by atoms with E-state index in [1.165, 1.54) is 0 Å². The molecule has 0 aromatic heterocycles. The normalized spacial score (nSPS) is 12.3. The zero-order valence-electron chi connectivity index (χ0n) is 9.28. The van der Waals surface area contributed by atoms with Crippen LogP contribution >= 0.6 is 11.8 Å². The summed E-state index contributed by atoms with van der Waals surface area (Å²) in [6.07, 6.45) is -0.651. The van der Waals surface area contributed by atoms with Crippen molar-refractivity contribution in [2.45, 2.75) is 11.0 Å². The molecular formula is C14H14O2S. The van der Waals surface area contributed by atoms with Crippen molar-refractivity contribution < 1.29 is 10.2 Å². The van der Waals surface area contributed by atoms with E-state index >= 15 is 0 Å². The Morgan fingerprint density at radius 3 is 2.29 bits per heavy atom. The summed E-state index contributed by atoms with van der Waals surface area (Å²) in [7, 11) is 0. The number of phenolic OH excluding ortho intramolecular Hbond substituents is 1. The third-order valence-electron chi connectivity index (χ3n) is 2.45. The highest BCUT2D eigenvalue weighted by Gasteiger charge is 2.11. The average molecular weight is 246 g/mol. The second kappa shape index (κ2) is 5.75. The van der Waals surface area contributed by atoms with E-state index in [9.17, 15) is 10.2 Å². The molecule has 1 unspecified atom stereocenters. The van der Waals surface area contributed by atoms with Crippen molar-refractivity contribution in [2.75, 3.05) is 5.75 Å². The van der Waals surface area contributed by atoms with Gasteiger partial charge in [-0.1, -0.05) is 36.4 Å². The van der Waals surface area contributed by atoms with Gasteiger partial charge in [0.1, 0.15) is 5.75 Å². The van der Waals surface area contributed by atoms with Crippen molar-refractivity contribution in [3.05, 3.63) is 60.2 Å². The second-order valence-corrected chi connectivity index (χ2v) is 4.79. The summed E-state index contributed by atoms with van der Waals surface area (Å²) in [6, 6.07) is 16.8. The lowest BCUT2D eigenvalue weighted by Crippen LogP contribution is -2.00. The van der Waals surface area contributed by atoms with Crippen LogP contribution in [0.1, 0.15) is 11.7 Å². The van der Waals surface area contributed by atoms with Gasteiger partial charge in [-0.2, -0.15) is 0 Å². The van der Waals surface area contributed by atoms with Gasteiger partial charge in [-0.05, 0) is 18.2 Å². The van der Waals surface area contributed by atoms with Crippen LogP contribution in [0.2, 0.25) is 0 Å². The number of benzene rings is 2. The summed E-state index contributed by atoms with van der Waals surface area (Å²) in [5.74, 6) is 0.676. The SMILES string of the molecule is Oc1ccccc1C(O)CSc1ccccc1. The first-order valence-corrected chi connectivity index (χ1v) is 6.40. The number of para-hydroxylation sites is 1. The molecule has 88 valence electrons. The maximum Gasteiger partial charge on any atom is 0.121 e. The van der Waals surface area contributed by atoms with E-state index < -0.39 is 6.10 Å². The molecule has 2 rings (SSSR count). The Hall–Kier alpha value is -1.45. The molecule has 0 heterocycles. The topological polar surface area (TPSA) is 40.5 Å². The third kappa shape index (κ3) is 3.25. The molecule has 0 saturated heterocycles. The minimum Gasteiger partial charge on any atom is -0.508 e. The molecule has 0 aliphatic rings. The largest absolute Gasteiger partial charge is 0.508 e. The summed E-state index contributed by atoms with van der Waals surface area (Å²) >= 11 is 1.57. The van der Waals surface area contributed by atoms with Crippen LogP contribution in [0.25, 0.3) is 0 Å². The highest BCUT2D eigenvalue weighted by Crippen LogP contribution is 2.28. The molecule has 1 atom stereocenters. The van der Waals surface area contributed by atoms with E-state index in [2.05, 4.69) is 0 Å². The zero-order chi connectivity index (χ0) is 12.1. The maximum absolute atomic E-state index is 9.98. The molecule has 17 heavy (non-hydrogen) atoms. The minimum absolute atomic E-state index is 0.147. The van der Waals surface area contributed by atoms with Crippen molar-refractivity contribution in [3.8, 4) is 5.75 Å². The van der Waals surface area contributed by atoms with E-state index in [0.717, 1.165) is 4.90 Å². The van der Waals surface area contributed by atoms with Crippen LogP contribution in [0.15, 0.2) is 59.5 Å². The number of aliphatic hydroxyl groups is 1. The van der Waals surface area contributed by atoms with Crippen LogP contribution in [0.5, 0.6) is 5.75 Å². The van der Waals surface area contributed by atoms with Gasteiger partial charge in [-0.3, -0.25) is 0 Å². The average Bonchev–Trinajstić information content (AvgIpc) is 2.38. The Balaban J connectivity index is 1.99. The smallest absolute Gasteiger partial charge is 0.121 e. The highest BCUT2D eigenvalue weighted by molar-refractivity contribution is 7.99. The standard InChI is InChI=1S/C14H14O2S/c15-13-9-5-4-8-12(13)14(16)10-17-11-6-2-1-3-7-11/h1-9,14-16H,10H2. The molecule has 3 heteroatoms. The summed E-state index contributed by atoms with van der Waals surface area (Å²) in [5, 5.41) is 19.6. The third-order valence-corrected chi connectivity index (χ3v) is 3.53. The van der Waals surface area contributed by atoms with Gasteiger partial charge in [0, 0.05) is 16.2 Å². The molecule has 0 spiro atoms.